The van der Waals surface area contributed by atoms with E-state index in [1.54, 1.807) is 17.1 Å². The van der Waals surface area contributed by atoms with Crippen molar-refractivity contribution in [3.05, 3.63) is 17.8 Å². The van der Waals surface area contributed by atoms with Crippen molar-refractivity contribution in [3.8, 4) is 0 Å². The highest BCUT2D eigenvalue weighted by molar-refractivity contribution is 7.80. The van der Waals surface area contributed by atoms with Crippen molar-refractivity contribution in [1.82, 2.24) is 15.2 Å². The van der Waals surface area contributed by atoms with E-state index in [0.29, 0.717) is 11.5 Å². The third-order valence-electron chi connectivity index (χ3n) is 1.26. The topological polar surface area (TPSA) is 67.1 Å². The van der Waals surface area contributed by atoms with Crippen molar-refractivity contribution in [3.63, 3.8) is 0 Å². The number of hydrogen-bond donors (Lipinski definition) is 2. The van der Waals surface area contributed by atoms with Crippen molar-refractivity contribution < 1.29 is 0 Å². The molecule has 0 aliphatic rings. The van der Waals surface area contributed by atoms with E-state index >= 15 is 0 Å². The quantitative estimate of drug-likeness (QED) is 0.525. The molecule has 1 heterocycles. The molecule has 0 saturated heterocycles. The van der Waals surface area contributed by atoms with Gasteiger partial charge in [-0.2, -0.15) is 0 Å². The molecule has 3 N–H and O–H groups in total. The molecule has 0 fully saturated rings. The standard InChI is InChI=1S/C7H11N5S/c1-12(2)11-6-4-3-5(7(8)13)9-10-6/h3-4H,1-2H3,(H2,8,13)(H,10,11). The Hall–Kier alpha value is -1.27. The molecule has 5 nitrogen and oxygen atoms in total. The van der Waals surface area contributed by atoms with Crippen LogP contribution in [-0.2, 0) is 0 Å². The summed E-state index contributed by atoms with van der Waals surface area (Å²) in [5.41, 5.74) is 8.84. The largest absolute Gasteiger partial charge is 0.388 e. The normalized spacial score (nSPS) is 10.1. The van der Waals surface area contributed by atoms with E-state index in [1.807, 2.05) is 14.1 Å². The summed E-state index contributed by atoms with van der Waals surface area (Å²) in [6, 6.07) is 3.49. The fourth-order valence-electron chi connectivity index (χ4n) is 0.752. The smallest absolute Gasteiger partial charge is 0.163 e. The van der Waals surface area contributed by atoms with Gasteiger partial charge in [-0.3, -0.25) is 0 Å². The Morgan fingerprint density at radius 2 is 2.15 bits per heavy atom. The number of anilines is 1. The maximum atomic E-state index is 5.36. The van der Waals surface area contributed by atoms with Crippen LogP contribution in [0.2, 0.25) is 0 Å². The monoisotopic (exact) mass is 197 g/mol. The minimum atomic E-state index is 0.254. The van der Waals surface area contributed by atoms with Gasteiger partial charge in [0, 0.05) is 14.1 Å². The van der Waals surface area contributed by atoms with Gasteiger partial charge in [0.25, 0.3) is 0 Å². The van der Waals surface area contributed by atoms with Gasteiger partial charge in [-0.25, -0.2) is 5.01 Å². The first-order chi connectivity index (χ1) is 6.09. The molecular formula is C7H11N5S. The summed E-state index contributed by atoms with van der Waals surface area (Å²) in [4.78, 5) is 0.254. The van der Waals surface area contributed by atoms with E-state index in [1.165, 1.54) is 0 Å². The molecule has 1 aromatic rings. The van der Waals surface area contributed by atoms with Crippen LogP contribution in [0.25, 0.3) is 0 Å². The molecule has 13 heavy (non-hydrogen) atoms. The Kier molecular flexibility index (Phi) is 3.10. The Balaban J connectivity index is 2.75. The average molecular weight is 197 g/mol. The summed E-state index contributed by atoms with van der Waals surface area (Å²) >= 11 is 4.74. The van der Waals surface area contributed by atoms with Crippen molar-refractivity contribution in [2.24, 2.45) is 5.73 Å². The molecule has 0 radical (unpaired) electrons. The Morgan fingerprint density at radius 1 is 1.46 bits per heavy atom. The first-order valence-corrected chi connectivity index (χ1v) is 4.08. The summed E-state index contributed by atoms with van der Waals surface area (Å²) in [5.74, 6) is 0.657. The van der Waals surface area contributed by atoms with Crippen molar-refractivity contribution in [1.29, 1.82) is 0 Å². The first-order valence-electron chi connectivity index (χ1n) is 3.67. The van der Waals surface area contributed by atoms with Gasteiger partial charge < -0.3 is 11.2 Å². The lowest BCUT2D eigenvalue weighted by Crippen LogP contribution is -2.21. The van der Waals surface area contributed by atoms with Gasteiger partial charge >= 0.3 is 0 Å². The third-order valence-corrected chi connectivity index (χ3v) is 1.46. The van der Waals surface area contributed by atoms with E-state index in [9.17, 15) is 0 Å². The number of nitrogens with zero attached hydrogens (tertiary/aromatic N) is 3. The highest BCUT2D eigenvalue weighted by Gasteiger charge is 1.99. The number of thiocarbonyl (C=S) groups is 1. The maximum absolute atomic E-state index is 5.36. The zero-order valence-corrected chi connectivity index (χ0v) is 8.30. The molecule has 0 atom stereocenters. The first kappa shape index (κ1) is 9.82. The number of rotatable bonds is 3. The van der Waals surface area contributed by atoms with Crippen LogP contribution in [0.4, 0.5) is 5.82 Å². The second-order valence-electron chi connectivity index (χ2n) is 2.67. The van der Waals surface area contributed by atoms with Crippen molar-refractivity contribution in [2.75, 3.05) is 19.5 Å². The van der Waals surface area contributed by atoms with Crippen LogP contribution in [-0.4, -0.2) is 34.3 Å². The van der Waals surface area contributed by atoms with Gasteiger partial charge in [-0.15, -0.1) is 10.2 Å². The highest BCUT2D eigenvalue weighted by Crippen LogP contribution is 2.01. The number of nitrogens with two attached hydrogens (primary N) is 1. The predicted molar refractivity (Wildman–Crippen MR) is 55.2 cm³/mol. The lowest BCUT2D eigenvalue weighted by Gasteiger charge is -2.11. The third kappa shape index (κ3) is 2.92. The second kappa shape index (κ2) is 4.11. The minimum Gasteiger partial charge on any atom is -0.388 e. The molecular weight excluding hydrogens is 186 g/mol. The molecule has 1 aromatic heterocycles. The van der Waals surface area contributed by atoms with E-state index in [4.69, 9.17) is 18.0 Å². The van der Waals surface area contributed by atoms with E-state index in [-0.39, 0.29) is 4.99 Å². The predicted octanol–water partition coefficient (Wildman–Crippen LogP) is -0.000700. The summed E-state index contributed by atoms with van der Waals surface area (Å²) in [7, 11) is 3.73. The van der Waals surface area contributed by atoms with Gasteiger partial charge in [0.15, 0.2) is 5.82 Å². The van der Waals surface area contributed by atoms with E-state index in [0.717, 1.165) is 0 Å². The zero-order chi connectivity index (χ0) is 9.84. The SMILES string of the molecule is CN(C)Nc1ccc(C(N)=S)nn1. The molecule has 0 spiro atoms. The molecule has 0 aliphatic heterocycles. The van der Waals surface area contributed by atoms with E-state index < -0.39 is 0 Å². The summed E-state index contributed by atoms with van der Waals surface area (Å²) in [6.45, 7) is 0. The molecule has 6 heteroatoms. The molecule has 70 valence electrons. The Bertz CT molecular complexity index is 294. The molecule has 0 aliphatic carbocycles. The minimum absolute atomic E-state index is 0.254. The Labute approximate surface area is 81.9 Å². The van der Waals surface area contributed by atoms with Crippen LogP contribution < -0.4 is 11.2 Å². The fraction of sp³-hybridized carbons (Fsp3) is 0.286. The van der Waals surface area contributed by atoms with Crippen LogP contribution in [0.5, 0.6) is 0 Å². The fourth-order valence-corrected chi connectivity index (χ4v) is 0.861. The number of nitrogens with one attached hydrogen (secondary N) is 1. The second-order valence-corrected chi connectivity index (χ2v) is 3.11. The lowest BCUT2D eigenvalue weighted by molar-refractivity contribution is 0.491. The Morgan fingerprint density at radius 3 is 2.54 bits per heavy atom. The van der Waals surface area contributed by atoms with Crippen LogP contribution in [0, 0.1) is 0 Å². The zero-order valence-electron chi connectivity index (χ0n) is 7.48. The van der Waals surface area contributed by atoms with Gasteiger partial charge in [-0.05, 0) is 12.1 Å². The molecule has 0 saturated carbocycles. The molecule has 0 bridgehead atoms. The molecule has 1 rings (SSSR count). The number of hydrazine groups is 1. The van der Waals surface area contributed by atoms with Gasteiger partial charge in [0.2, 0.25) is 0 Å². The maximum Gasteiger partial charge on any atom is 0.163 e. The number of hydrogen-bond acceptors (Lipinski definition) is 5. The summed E-state index contributed by atoms with van der Waals surface area (Å²) in [5, 5.41) is 9.46. The van der Waals surface area contributed by atoms with Gasteiger partial charge in [0.05, 0.1) is 0 Å². The lowest BCUT2D eigenvalue weighted by atomic mass is 10.4. The van der Waals surface area contributed by atoms with Crippen molar-refractivity contribution in [2.45, 2.75) is 0 Å². The summed E-state index contributed by atoms with van der Waals surface area (Å²) in [6.07, 6.45) is 0. The van der Waals surface area contributed by atoms with Gasteiger partial charge in [-0.1, -0.05) is 12.2 Å². The molecule has 0 unspecified atom stereocenters. The van der Waals surface area contributed by atoms with Crippen LogP contribution in [0.1, 0.15) is 5.69 Å². The molecule has 0 amide bonds. The van der Waals surface area contributed by atoms with E-state index in [2.05, 4.69) is 15.6 Å². The van der Waals surface area contributed by atoms with Crippen LogP contribution in [0.15, 0.2) is 12.1 Å². The highest BCUT2D eigenvalue weighted by atomic mass is 32.1. The van der Waals surface area contributed by atoms with Crippen molar-refractivity contribution >= 4 is 23.0 Å². The van der Waals surface area contributed by atoms with Crippen LogP contribution in [0.3, 0.4) is 0 Å². The number of aromatic nitrogens is 2. The summed E-state index contributed by atoms with van der Waals surface area (Å²) < 4.78 is 0. The average Bonchev–Trinajstić information content (AvgIpc) is 2.04. The molecule has 0 aromatic carbocycles. The van der Waals surface area contributed by atoms with Crippen LogP contribution >= 0.6 is 12.2 Å². The van der Waals surface area contributed by atoms with Gasteiger partial charge in [0.1, 0.15) is 10.7 Å².